The molecule has 1 heterocycles. The molecule has 1 saturated carbocycles. The van der Waals surface area contributed by atoms with Crippen molar-refractivity contribution in [2.75, 3.05) is 0 Å². The third-order valence-corrected chi connectivity index (χ3v) is 2.79. The summed E-state index contributed by atoms with van der Waals surface area (Å²) in [4.78, 5) is 1.67. The van der Waals surface area contributed by atoms with Gasteiger partial charge in [0.25, 0.3) is 0 Å². The van der Waals surface area contributed by atoms with Gasteiger partial charge in [-0.2, -0.15) is 4.80 Å². The first-order valence-corrected chi connectivity index (χ1v) is 5.47. The molecule has 5 nitrogen and oxygen atoms in total. The molecule has 0 bridgehead atoms. The Morgan fingerprint density at radius 2 is 2.07 bits per heavy atom. The van der Waals surface area contributed by atoms with E-state index in [1.165, 1.54) is 0 Å². The fraction of sp³-hybridized carbons (Fsp3) is 0.900. The molecule has 15 heavy (non-hydrogen) atoms. The van der Waals surface area contributed by atoms with Crippen molar-refractivity contribution in [3.63, 3.8) is 0 Å². The summed E-state index contributed by atoms with van der Waals surface area (Å²) < 4.78 is 0. The first-order valence-electron chi connectivity index (χ1n) is 5.47. The third kappa shape index (κ3) is 2.53. The highest BCUT2D eigenvalue weighted by Crippen LogP contribution is 2.36. The summed E-state index contributed by atoms with van der Waals surface area (Å²) >= 11 is 0. The fourth-order valence-corrected chi connectivity index (χ4v) is 1.40. The molecule has 2 rings (SSSR count). The standard InChI is InChI=1S/C10H19N5/c1-9(2,3)15-13-8(12-14-15)4-5-10(11)6-7-10/h4-7,11H2,1-3H3. The lowest BCUT2D eigenvalue weighted by atomic mass is 10.1. The van der Waals surface area contributed by atoms with Crippen molar-refractivity contribution in [1.29, 1.82) is 0 Å². The fourth-order valence-electron chi connectivity index (χ4n) is 1.40. The Morgan fingerprint density at radius 1 is 1.40 bits per heavy atom. The van der Waals surface area contributed by atoms with E-state index >= 15 is 0 Å². The largest absolute Gasteiger partial charge is 0.325 e. The number of nitrogens with two attached hydrogens (primary N) is 1. The van der Waals surface area contributed by atoms with Gasteiger partial charge in [-0.3, -0.25) is 0 Å². The summed E-state index contributed by atoms with van der Waals surface area (Å²) in [7, 11) is 0. The van der Waals surface area contributed by atoms with Crippen LogP contribution < -0.4 is 5.73 Å². The van der Waals surface area contributed by atoms with Gasteiger partial charge in [0.15, 0.2) is 5.82 Å². The van der Waals surface area contributed by atoms with Crippen LogP contribution >= 0.6 is 0 Å². The minimum absolute atomic E-state index is 0.0766. The molecule has 0 aliphatic heterocycles. The maximum atomic E-state index is 6.00. The van der Waals surface area contributed by atoms with E-state index in [1.807, 2.05) is 0 Å². The zero-order chi connectivity index (χ0) is 11.1. The molecule has 0 saturated heterocycles. The average Bonchev–Trinajstić information content (AvgIpc) is 2.66. The lowest BCUT2D eigenvalue weighted by Crippen LogP contribution is -2.25. The molecule has 84 valence electrons. The molecule has 5 heteroatoms. The molecule has 0 spiro atoms. The molecule has 1 aromatic rings. The highest BCUT2D eigenvalue weighted by Gasteiger charge is 2.37. The molecule has 1 aliphatic rings. The van der Waals surface area contributed by atoms with Crippen LogP contribution in [0.4, 0.5) is 0 Å². The molecule has 0 unspecified atom stereocenters. The number of tetrazole rings is 1. The molecule has 1 aromatic heterocycles. The van der Waals surface area contributed by atoms with Gasteiger partial charge < -0.3 is 5.73 Å². The summed E-state index contributed by atoms with van der Waals surface area (Å²) in [6.07, 6.45) is 4.09. The second-order valence-electron chi connectivity index (χ2n) is 5.53. The minimum Gasteiger partial charge on any atom is -0.325 e. The van der Waals surface area contributed by atoms with Crippen molar-refractivity contribution >= 4 is 0 Å². The quantitative estimate of drug-likeness (QED) is 0.801. The predicted molar refractivity (Wildman–Crippen MR) is 57.3 cm³/mol. The smallest absolute Gasteiger partial charge is 0.174 e. The lowest BCUT2D eigenvalue weighted by Gasteiger charge is -2.15. The monoisotopic (exact) mass is 209 g/mol. The first-order chi connectivity index (χ1) is 6.89. The number of nitrogens with zero attached hydrogens (tertiary/aromatic N) is 4. The molecular weight excluding hydrogens is 190 g/mol. The summed E-state index contributed by atoms with van der Waals surface area (Å²) in [5, 5.41) is 12.4. The van der Waals surface area contributed by atoms with Gasteiger partial charge in [0.1, 0.15) is 0 Å². The summed E-state index contributed by atoms with van der Waals surface area (Å²) in [5.74, 6) is 0.807. The average molecular weight is 209 g/mol. The van der Waals surface area contributed by atoms with E-state index in [2.05, 4.69) is 36.2 Å². The molecule has 1 aliphatic carbocycles. The Labute approximate surface area is 90.0 Å². The summed E-state index contributed by atoms with van der Waals surface area (Å²) in [6.45, 7) is 6.18. The number of rotatable bonds is 3. The Morgan fingerprint density at radius 3 is 2.53 bits per heavy atom. The Balaban J connectivity index is 1.95. The van der Waals surface area contributed by atoms with Gasteiger partial charge in [0, 0.05) is 12.0 Å². The van der Waals surface area contributed by atoms with Crippen LogP contribution in [0.15, 0.2) is 0 Å². The van der Waals surface area contributed by atoms with Crippen LogP contribution in [0.25, 0.3) is 0 Å². The van der Waals surface area contributed by atoms with E-state index in [-0.39, 0.29) is 11.1 Å². The van der Waals surface area contributed by atoms with Gasteiger partial charge in [-0.05, 0) is 45.2 Å². The second-order valence-corrected chi connectivity index (χ2v) is 5.53. The second kappa shape index (κ2) is 3.27. The number of aromatic nitrogens is 4. The first kappa shape index (κ1) is 10.5. The van der Waals surface area contributed by atoms with Crippen LogP contribution in [0.1, 0.15) is 45.9 Å². The van der Waals surface area contributed by atoms with Crippen LogP contribution in [0, 0.1) is 0 Å². The van der Waals surface area contributed by atoms with Crippen molar-refractivity contribution in [2.24, 2.45) is 5.73 Å². The topological polar surface area (TPSA) is 69.6 Å². The van der Waals surface area contributed by atoms with Gasteiger partial charge in [0.05, 0.1) is 5.54 Å². The van der Waals surface area contributed by atoms with Crippen LogP contribution in [0.5, 0.6) is 0 Å². The van der Waals surface area contributed by atoms with Gasteiger partial charge >= 0.3 is 0 Å². The molecular formula is C10H19N5. The van der Waals surface area contributed by atoms with Gasteiger partial charge in [-0.15, -0.1) is 10.2 Å². The molecule has 0 aromatic carbocycles. The van der Waals surface area contributed by atoms with E-state index in [0.29, 0.717) is 0 Å². The minimum atomic E-state index is -0.0920. The third-order valence-electron chi connectivity index (χ3n) is 2.79. The molecule has 0 radical (unpaired) electrons. The van der Waals surface area contributed by atoms with Crippen molar-refractivity contribution in [3.05, 3.63) is 5.82 Å². The SMILES string of the molecule is CC(C)(C)n1nnc(CCC2(N)CC2)n1. The molecule has 1 fully saturated rings. The van der Waals surface area contributed by atoms with Crippen LogP contribution in [-0.2, 0) is 12.0 Å². The zero-order valence-electron chi connectivity index (χ0n) is 9.69. The number of hydrogen-bond acceptors (Lipinski definition) is 4. The van der Waals surface area contributed by atoms with Crippen LogP contribution in [-0.4, -0.2) is 25.7 Å². The predicted octanol–water partition coefficient (Wildman–Crippen LogP) is 0.852. The van der Waals surface area contributed by atoms with Crippen molar-refractivity contribution in [3.8, 4) is 0 Å². The van der Waals surface area contributed by atoms with Gasteiger partial charge in [0.2, 0.25) is 0 Å². The highest BCUT2D eigenvalue weighted by atomic mass is 15.6. The Hall–Kier alpha value is -0.970. The van der Waals surface area contributed by atoms with E-state index < -0.39 is 0 Å². The number of aryl methyl sites for hydroxylation is 1. The Bertz CT molecular complexity index is 345. The Kier molecular flexibility index (Phi) is 2.30. The molecule has 0 amide bonds. The normalized spacial score (nSPS) is 19.2. The lowest BCUT2D eigenvalue weighted by molar-refractivity contribution is 0.305. The van der Waals surface area contributed by atoms with Gasteiger partial charge in [-0.25, -0.2) is 0 Å². The summed E-state index contributed by atoms with van der Waals surface area (Å²) in [5.41, 5.74) is 5.99. The van der Waals surface area contributed by atoms with E-state index in [0.717, 1.165) is 31.5 Å². The van der Waals surface area contributed by atoms with Crippen LogP contribution in [0.3, 0.4) is 0 Å². The number of hydrogen-bond donors (Lipinski definition) is 1. The van der Waals surface area contributed by atoms with Crippen molar-refractivity contribution in [1.82, 2.24) is 20.2 Å². The van der Waals surface area contributed by atoms with Crippen molar-refractivity contribution in [2.45, 2.75) is 57.5 Å². The van der Waals surface area contributed by atoms with Crippen LogP contribution in [0.2, 0.25) is 0 Å². The maximum Gasteiger partial charge on any atom is 0.174 e. The zero-order valence-corrected chi connectivity index (χ0v) is 9.69. The summed E-state index contributed by atoms with van der Waals surface area (Å²) in [6, 6.07) is 0. The van der Waals surface area contributed by atoms with E-state index in [4.69, 9.17) is 5.73 Å². The van der Waals surface area contributed by atoms with E-state index in [1.54, 1.807) is 4.80 Å². The van der Waals surface area contributed by atoms with E-state index in [9.17, 15) is 0 Å². The highest BCUT2D eigenvalue weighted by molar-refractivity contribution is 5.00. The maximum absolute atomic E-state index is 6.00. The molecule has 2 N–H and O–H groups in total. The molecule has 0 atom stereocenters. The van der Waals surface area contributed by atoms with Crippen molar-refractivity contribution < 1.29 is 0 Å². The van der Waals surface area contributed by atoms with Gasteiger partial charge in [-0.1, -0.05) is 0 Å².